The standard InChI is InChI=1S/C15H23BrFNO/c1-10(13-6-5-11(16)7-14(13)17)18-9-12(19)8-15(2,3)4/h5-7,10,12,18-19H,8-9H2,1-4H3. The van der Waals surface area contributed by atoms with E-state index in [0.29, 0.717) is 12.1 Å². The molecule has 2 atom stereocenters. The third-order valence-corrected chi connectivity index (χ3v) is 3.43. The Morgan fingerprint density at radius 2 is 2.00 bits per heavy atom. The van der Waals surface area contributed by atoms with Crippen LogP contribution >= 0.6 is 15.9 Å². The maximum absolute atomic E-state index is 13.8. The molecule has 19 heavy (non-hydrogen) atoms. The van der Waals surface area contributed by atoms with Gasteiger partial charge in [0.25, 0.3) is 0 Å². The van der Waals surface area contributed by atoms with E-state index < -0.39 is 6.10 Å². The van der Waals surface area contributed by atoms with Crippen molar-refractivity contribution < 1.29 is 9.50 Å². The second-order valence-corrected chi connectivity index (χ2v) is 7.13. The second kappa shape index (κ2) is 6.82. The van der Waals surface area contributed by atoms with Crippen LogP contribution in [-0.2, 0) is 0 Å². The van der Waals surface area contributed by atoms with Gasteiger partial charge in [0, 0.05) is 22.6 Å². The molecular formula is C15H23BrFNO. The van der Waals surface area contributed by atoms with Gasteiger partial charge < -0.3 is 10.4 Å². The smallest absolute Gasteiger partial charge is 0.129 e. The zero-order valence-corrected chi connectivity index (χ0v) is 13.6. The van der Waals surface area contributed by atoms with Crippen LogP contribution in [0.1, 0.15) is 45.7 Å². The van der Waals surface area contributed by atoms with E-state index in [1.165, 1.54) is 6.07 Å². The lowest BCUT2D eigenvalue weighted by Gasteiger charge is -2.24. The van der Waals surface area contributed by atoms with Gasteiger partial charge in [-0.05, 0) is 30.9 Å². The first-order valence-electron chi connectivity index (χ1n) is 6.55. The Morgan fingerprint density at radius 3 is 2.53 bits per heavy atom. The maximum Gasteiger partial charge on any atom is 0.129 e. The maximum atomic E-state index is 13.8. The minimum atomic E-state index is -0.416. The summed E-state index contributed by atoms with van der Waals surface area (Å²) in [4.78, 5) is 0. The molecule has 0 saturated carbocycles. The number of aliphatic hydroxyl groups is 1. The fraction of sp³-hybridized carbons (Fsp3) is 0.600. The Hall–Kier alpha value is -0.450. The Labute approximate surface area is 123 Å². The monoisotopic (exact) mass is 331 g/mol. The number of benzene rings is 1. The van der Waals surface area contributed by atoms with Gasteiger partial charge in [-0.25, -0.2) is 4.39 Å². The fourth-order valence-corrected chi connectivity index (χ4v) is 2.39. The van der Waals surface area contributed by atoms with Crippen molar-refractivity contribution in [2.24, 2.45) is 5.41 Å². The summed E-state index contributed by atoms with van der Waals surface area (Å²) in [7, 11) is 0. The lowest BCUT2D eigenvalue weighted by Crippen LogP contribution is -2.32. The van der Waals surface area contributed by atoms with Crippen molar-refractivity contribution in [3.63, 3.8) is 0 Å². The number of hydrogen-bond acceptors (Lipinski definition) is 2. The summed E-state index contributed by atoms with van der Waals surface area (Å²) in [6.07, 6.45) is 0.302. The molecule has 0 bridgehead atoms. The number of nitrogens with one attached hydrogen (secondary N) is 1. The average Bonchev–Trinajstić information content (AvgIpc) is 2.23. The molecule has 108 valence electrons. The van der Waals surface area contributed by atoms with Crippen molar-refractivity contribution in [3.05, 3.63) is 34.1 Å². The molecule has 0 aliphatic rings. The topological polar surface area (TPSA) is 32.3 Å². The van der Waals surface area contributed by atoms with Gasteiger partial charge in [-0.3, -0.25) is 0 Å². The predicted octanol–water partition coefficient (Wildman–Crippen LogP) is 4.04. The first kappa shape index (κ1) is 16.6. The Bertz CT molecular complexity index is 417. The van der Waals surface area contributed by atoms with Gasteiger partial charge in [0.2, 0.25) is 0 Å². The quantitative estimate of drug-likeness (QED) is 0.853. The van der Waals surface area contributed by atoms with Gasteiger partial charge in [-0.2, -0.15) is 0 Å². The second-order valence-electron chi connectivity index (χ2n) is 6.21. The summed E-state index contributed by atoms with van der Waals surface area (Å²) in [5.41, 5.74) is 0.707. The van der Waals surface area contributed by atoms with E-state index in [1.54, 1.807) is 6.07 Å². The lowest BCUT2D eigenvalue weighted by atomic mass is 9.89. The van der Waals surface area contributed by atoms with Crippen molar-refractivity contribution >= 4 is 15.9 Å². The van der Waals surface area contributed by atoms with Gasteiger partial charge in [0.05, 0.1) is 6.10 Å². The summed E-state index contributed by atoms with van der Waals surface area (Å²) < 4.78 is 14.5. The molecule has 0 aliphatic heterocycles. The number of rotatable bonds is 5. The van der Waals surface area contributed by atoms with Crippen LogP contribution in [0.3, 0.4) is 0 Å². The molecule has 1 aromatic carbocycles. The van der Waals surface area contributed by atoms with E-state index in [0.717, 1.165) is 10.9 Å². The van der Waals surface area contributed by atoms with Gasteiger partial charge in [0.1, 0.15) is 5.82 Å². The van der Waals surface area contributed by atoms with Crippen LogP contribution in [0.5, 0.6) is 0 Å². The average molecular weight is 332 g/mol. The minimum absolute atomic E-state index is 0.0905. The summed E-state index contributed by atoms with van der Waals surface area (Å²) in [5, 5.41) is 13.1. The largest absolute Gasteiger partial charge is 0.392 e. The molecule has 2 unspecified atom stereocenters. The molecule has 0 aromatic heterocycles. The Balaban J connectivity index is 2.53. The number of halogens is 2. The molecule has 0 fully saturated rings. The van der Waals surface area contributed by atoms with Crippen LogP contribution in [0.2, 0.25) is 0 Å². The summed E-state index contributed by atoms with van der Waals surface area (Å²) in [5.74, 6) is -0.236. The molecule has 0 saturated heterocycles. The highest BCUT2D eigenvalue weighted by atomic mass is 79.9. The fourth-order valence-electron chi connectivity index (χ4n) is 2.05. The molecule has 0 heterocycles. The normalized spacial score (nSPS) is 15.3. The van der Waals surface area contributed by atoms with Crippen LogP contribution in [-0.4, -0.2) is 17.8 Å². The molecule has 1 rings (SSSR count). The van der Waals surface area contributed by atoms with Crippen molar-refractivity contribution in [3.8, 4) is 0 Å². The van der Waals surface area contributed by atoms with Crippen LogP contribution in [0.25, 0.3) is 0 Å². The molecule has 2 N–H and O–H groups in total. The van der Waals surface area contributed by atoms with Crippen LogP contribution < -0.4 is 5.32 Å². The van der Waals surface area contributed by atoms with E-state index in [-0.39, 0.29) is 17.3 Å². The minimum Gasteiger partial charge on any atom is -0.392 e. The van der Waals surface area contributed by atoms with E-state index in [9.17, 15) is 9.50 Å². The van der Waals surface area contributed by atoms with E-state index in [2.05, 4.69) is 42.0 Å². The van der Waals surface area contributed by atoms with Gasteiger partial charge in [-0.1, -0.05) is 42.8 Å². The van der Waals surface area contributed by atoms with Crippen molar-refractivity contribution in [1.82, 2.24) is 5.32 Å². The molecule has 0 amide bonds. The molecule has 4 heteroatoms. The third-order valence-electron chi connectivity index (χ3n) is 2.94. The van der Waals surface area contributed by atoms with Crippen molar-refractivity contribution in [2.75, 3.05) is 6.54 Å². The lowest BCUT2D eigenvalue weighted by molar-refractivity contribution is 0.117. The zero-order valence-electron chi connectivity index (χ0n) is 12.0. The summed E-state index contributed by atoms with van der Waals surface area (Å²) in [6.45, 7) is 8.64. The third kappa shape index (κ3) is 6.02. The first-order valence-corrected chi connectivity index (χ1v) is 7.35. The van der Waals surface area contributed by atoms with Crippen molar-refractivity contribution in [1.29, 1.82) is 0 Å². The van der Waals surface area contributed by atoms with Gasteiger partial charge in [0.15, 0.2) is 0 Å². The molecule has 0 spiro atoms. The highest BCUT2D eigenvalue weighted by molar-refractivity contribution is 9.10. The van der Waals surface area contributed by atoms with E-state index in [4.69, 9.17) is 0 Å². The first-order chi connectivity index (χ1) is 8.69. The van der Waals surface area contributed by atoms with Crippen molar-refractivity contribution in [2.45, 2.75) is 46.3 Å². The van der Waals surface area contributed by atoms with E-state index >= 15 is 0 Å². The van der Waals surface area contributed by atoms with Crippen LogP contribution in [0.15, 0.2) is 22.7 Å². The number of hydrogen-bond donors (Lipinski definition) is 2. The molecular weight excluding hydrogens is 309 g/mol. The molecule has 1 aromatic rings. The Morgan fingerprint density at radius 1 is 1.37 bits per heavy atom. The highest BCUT2D eigenvalue weighted by Gasteiger charge is 2.18. The van der Waals surface area contributed by atoms with Gasteiger partial charge in [-0.15, -0.1) is 0 Å². The predicted molar refractivity (Wildman–Crippen MR) is 80.6 cm³/mol. The van der Waals surface area contributed by atoms with Gasteiger partial charge >= 0.3 is 0 Å². The number of aliphatic hydroxyl groups excluding tert-OH is 1. The molecule has 0 radical (unpaired) electrons. The Kier molecular flexibility index (Phi) is 5.96. The van der Waals surface area contributed by atoms with Crippen LogP contribution in [0.4, 0.5) is 4.39 Å². The molecule has 2 nitrogen and oxygen atoms in total. The van der Waals surface area contributed by atoms with Crippen LogP contribution in [0, 0.1) is 11.2 Å². The SMILES string of the molecule is CC(NCC(O)CC(C)(C)C)c1ccc(Br)cc1F. The summed E-state index contributed by atoms with van der Waals surface area (Å²) in [6, 6.07) is 4.91. The molecule has 0 aliphatic carbocycles. The highest BCUT2D eigenvalue weighted by Crippen LogP contribution is 2.22. The zero-order chi connectivity index (χ0) is 14.6. The van der Waals surface area contributed by atoms with E-state index in [1.807, 2.05) is 13.0 Å². The summed E-state index contributed by atoms with van der Waals surface area (Å²) >= 11 is 3.24.